The van der Waals surface area contributed by atoms with Crippen LogP contribution in [0.5, 0.6) is 0 Å². The van der Waals surface area contributed by atoms with Gasteiger partial charge >= 0.3 is 4.87 Å². The molecule has 3 atom stereocenters. The molecule has 0 bridgehead atoms. The zero-order chi connectivity index (χ0) is 30.6. The van der Waals surface area contributed by atoms with E-state index in [0.717, 1.165) is 32.9 Å². The molecule has 220 valence electrons. The van der Waals surface area contributed by atoms with E-state index in [1.807, 2.05) is 11.4 Å². The lowest BCUT2D eigenvalue weighted by molar-refractivity contribution is -0.384. The molecule has 0 spiro atoms. The number of hydrogen-bond donors (Lipinski definition) is 2. The number of thiazole rings is 1. The number of aromatic nitrogens is 1. The van der Waals surface area contributed by atoms with Gasteiger partial charge in [0.05, 0.1) is 26.5 Å². The van der Waals surface area contributed by atoms with Gasteiger partial charge in [0.1, 0.15) is 11.8 Å². The van der Waals surface area contributed by atoms with Crippen molar-refractivity contribution in [1.29, 1.82) is 0 Å². The summed E-state index contributed by atoms with van der Waals surface area (Å²) in [5, 5.41) is 20.2. The number of amides is 3. The Hall–Kier alpha value is -4.16. The fourth-order valence-corrected chi connectivity index (χ4v) is 9.32. The predicted octanol–water partition coefficient (Wildman–Crippen LogP) is 2.96. The molecule has 17 heteroatoms. The third-order valence-electron chi connectivity index (χ3n) is 6.99. The van der Waals surface area contributed by atoms with Crippen LogP contribution in [0.3, 0.4) is 0 Å². The smallest absolute Gasteiger partial charge is 0.308 e. The molecule has 0 saturated carbocycles. The van der Waals surface area contributed by atoms with Crippen molar-refractivity contribution in [2.24, 2.45) is 11.1 Å². The number of anilines is 2. The Labute approximate surface area is 255 Å². The van der Waals surface area contributed by atoms with Crippen molar-refractivity contribution >= 4 is 79.2 Å². The second-order valence-corrected chi connectivity index (χ2v) is 14.2. The van der Waals surface area contributed by atoms with Crippen molar-refractivity contribution < 1.29 is 27.7 Å². The topological polar surface area (TPSA) is 192 Å². The normalized spacial score (nSPS) is 19.7. The maximum Gasteiger partial charge on any atom is 0.308 e. The maximum absolute atomic E-state index is 13.8. The molecule has 2 aliphatic rings. The molecule has 2 aliphatic heterocycles. The summed E-state index contributed by atoms with van der Waals surface area (Å²) in [6.07, 6.45) is 0. The summed E-state index contributed by atoms with van der Waals surface area (Å²) in [5.74, 6) is -3.02. The van der Waals surface area contributed by atoms with Crippen molar-refractivity contribution in [3.05, 3.63) is 95.6 Å². The molecule has 0 radical (unpaired) electrons. The first kappa shape index (κ1) is 28.9. The average molecular weight is 658 g/mol. The Balaban J connectivity index is 1.33. The number of benzene rings is 2. The number of sulfonamides is 1. The summed E-state index contributed by atoms with van der Waals surface area (Å²) in [7, 11) is -3.91. The van der Waals surface area contributed by atoms with Crippen LogP contribution in [0, 0.1) is 16.0 Å². The number of nitrogens with zero attached hydrogens (tertiary/aromatic N) is 3. The minimum absolute atomic E-state index is 0.127. The van der Waals surface area contributed by atoms with Crippen LogP contribution in [-0.4, -0.2) is 40.9 Å². The molecule has 13 nitrogen and oxygen atoms in total. The highest BCUT2D eigenvalue weighted by atomic mass is 32.2. The number of non-ortho nitro benzene ring substituents is 1. The molecule has 3 N–H and O–H groups in total. The Morgan fingerprint density at radius 2 is 1.72 bits per heavy atom. The van der Waals surface area contributed by atoms with Gasteiger partial charge in [-0.3, -0.25) is 33.9 Å². The number of thiophene rings is 1. The van der Waals surface area contributed by atoms with E-state index in [4.69, 9.17) is 5.14 Å². The molecule has 0 aliphatic carbocycles. The second kappa shape index (κ2) is 10.8. The average Bonchev–Trinajstić information content (AvgIpc) is 3.66. The number of nitrogens with two attached hydrogens (primary N) is 1. The van der Waals surface area contributed by atoms with Crippen LogP contribution in [0.15, 0.2) is 80.8 Å². The largest absolute Gasteiger partial charge is 0.325 e. The summed E-state index contributed by atoms with van der Waals surface area (Å²) in [5.41, 5.74) is 0.305. The van der Waals surface area contributed by atoms with E-state index in [1.165, 1.54) is 64.4 Å². The number of carbonyl (C=O) groups is 3. The zero-order valence-electron chi connectivity index (χ0n) is 21.6. The van der Waals surface area contributed by atoms with Crippen LogP contribution in [0.4, 0.5) is 17.1 Å². The monoisotopic (exact) mass is 657 g/mol. The molecular weight excluding hydrogens is 639 g/mol. The van der Waals surface area contributed by atoms with Crippen molar-refractivity contribution in [2.75, 3.05) is 10.2 Å². The van der Waals surface area contributed by atoms with Crippen molar-refractivity contribution in [3.63, 3.8) is 0 Å². The van der Waals surface area contributed by atoms with Gasteiger partial charge in [-0.2, -0.15) is 0 Å². The van der Waals surface area contributed by atoms with Crippen molar-refractivity contribution in [3.8, 4) is 0 Å². The molecule has 4 heterocycles. The summed E-state index contributed by atoms with van der Waals surface area (Å²) in [6, 6.07) is 14.0. The first-order valence-corrected chi connectivity index (χ1v) is 16.5. The van der Waals surface area contributed by atoms with E-state index in [-0.39, 0.29) is 22.0 Å². The van der Waals surface area contributed by atoms with E-state index < -0.39 is 61.2 Å². The number of imide groups is 1. The lowest BCUT2D eigenvalue weighted by atomic mass is 9.87. The van der Waals surface area contributed by atoms with Gasteiger partial charge in [0.15, 0.2) is 0 Å². The van der Waals surface area contributed by atoms with Gasteiger partial charge in [0, 0.05) is 33.5 Å². The second-order valence-electron chi connectivity index (χ2n) is 9.58. The number of carbonyl (C=O) groups excluding carboxylic acids is 3. The number of hydrogen-bond acceptors (Lipinski definition) is 11. The number of fused-ring (bicyclic) bond motifs is 2. The van der Waals surface area contributed by atoms with Crippen LogP contribution in [0.2, 0.25) is 0 Å². The highest BCUT2D eigenvalue weighted by Crippen LogP contribution is 2.54. The molecule has 6 rings (SSSR count). The molecule has 3 unspecified atom stereocenters. The van der Waals surface area contributed by atoms with E-state index in [9.17, 15) is 37.7 Å². The SMILES string of the molecule is NS(=O)(=O)c1ccc(NC(=O)Cn2c3c(sc2=O)C(c2cccs2)C2C(=O)N(c4ccc([N+](=O)[O-])cc4)C(=O)C2S3)cc1. The highest BCUT2D eigenvalue weighted by molar-refractivity contribution is 8.00. The number of nitro benzene ring substituents is 1. The lowest BCUT2D eigenvalue weighted by Crippen LogP contribution is -2.32. The minimum atomic E-state index is -3.91. The van der Waals surface area contributed by atoms with Gasteiger partial charge in [0.2, 0.25) is 27.7 Å². The van der Waals surface area contributed by atoms with Crippen molar-refractivity contribution in [1.82, 2.24) is 4.57 Å². The van der Waals surface area contributed by atoms with Crippen LogP contribution < -0.4 is 20.2 Å². The Morgan fingerprint density at radius 1 is 1.02 bits per heavy atom. The fraction of sp³-hybridized carbons (Fsp3) is 0.154. The summed E-state index contributed by atoms with van der Waals surface area (Å²) < 4.78 is 24.3. The lowest BCUT2D eigenvalue weighted by Gasteiger charge is -2.29. The Bertz CT molecular complexity index is 1950. The number of rotatable bonds is 7. The van der Waals surface area contributed by atoms with E-state index in [2.05, 4.69) is 5.32 Å². The number of thioether (sulfide) groups is 1. The van der Waals surface area contributed by atoms with Crippen LogP contribution in [-0.2, 0) is 31.0 Å². The molecule has 4 aromatic rings. The standard InChI is InChI=1S/C26H19N5O8S4/c27-43(38,39)16-9-3-13(4-10-16)28-18(32)12-29-25-22(42-26(29)35)19(17-2-1-11-40-17)20-21(41-25)24(34)30(23(20)33)14-5-7-15(8-6-14)31(36)37/h1-11,19-21H,12H2,(H,28,32)(H2,27,38,39). The predicted molar refractivity (Wildman–Crippen MR) is 160 cm³/mol. The number of primary sulfonamides is 1. The fourth-order valence-electron chi connectivity index (χ4n) is 5.08. The molecule has 2 aromatic heterocycles. The molecular formula is C26H19N5O8S4. The van der Waals surface area contributed by atoms with Gasteiger partial charge in [-0.1, -0.05) is 29.2 Å². The van der Waals surface area contributed by atoms with Gasteiger partial charge in [-0.15, -0.1) is 11.3 Å². The van der Waals surface area contributed by atoms with E-state index in [1.54, 1.807) is 6.07 Å². The Kier molecular flexibility index (Phi) is 7.29. The first-order chi connectivity index (χ1) is 20.4. The van der Waals surface area contributed by atoms with Crippen LogP contribution in [0.1, 0.15) is 15.7 Å². The third-order valence-corrected chi connectivity index (χ3v) is 11.5. The Morgan fingerprint density at radius 3 is 2.33 bits per heavy atom. The zero-order valence-corrected chi connectivity index (χ0v) is 24.9. The first-order valence-electron chi connectivity index (χ1n) is 12.4. The van der Waals surface area contributed by atoms with Gasteiger partial charge in [-0.05, 0) is 47.8 Å². The molecule has 43 heavy (non-hydrogen) atoms. The highest BCUT2D eigenvalue weighted by Gasteiger charge is 2.57. The number of nitro groups is 1. The summed E-state index contributed by atoms with van der Waals surface area (Å²) in [4.78, 5) is 66.0. The van der Waals surface area contributed by atoms with Gasteiger partial charge in [0.25, 0.3) is 5.69 Å². The van der Waals surface area contributed by atoms with Crippen molar-refractivity contribution in [2.45, 2.75) is 27.6 Å². The van der Waals surface area contributed by atoms with Gasteiger partial charge < -0.3 is 5.32 Å². The number of nitrogens with one attached hydrogen (secondary N) is 1. The van der Waals surface area contributed by atoms with Crippen LogP contribution in [0.25, 0.3) is 0 Å². The quantitative estimate of drug-likeness (QED) is 0.171. The molecule has 2 aromatic carbocycles. The summed E-state index contributed by atoms with van der Waals surface area (Å²) >= 11 is 3.33. The molecule has 1 fully saturated rings. The van der Waals surface area contributed by atoms with E-state index >= 15 is 0 Å². The van der Waals surface area contributed by atoms with E-state index in [0.29, 0.717) is 9.90 Å². The molecule has 3 amide bonds. The maximum atomic E-state index is 13.8. The minimum Gasteiger partial charge on any atom is -0.325 e. The molecule has 1 saturated heterocycles. The van der Waals surface area contributed by atoms with Gasteiger partial charge in [-0.25, -0.2) is 18.5 Å². The summed E-state index contributed by atoms with van der Waals surface area (Å²) in [6.45, 7) is -0.392. The van der Waals surface area contributed by atoms with Crippen LogP contribution >= 0.6 is 34.4 Å². The third kappa shape index (κ3) is 5.18.